The summed E-state index contributed by atoms with van der Waals surface area (Å²) in [5.74, 6) is -0.0249. The van der Waals surface area contributed by atoms with E-state index in [-0.39, 0.29) is 48.2 Å². The van der Waals surface area contributed by atoms with E-state index in [0.717, 1.165) is 12.1 Å². The number of ether oxygens (including phenoxy) is 3. The number of nitro groups is 1. The summed E-state index contributed by atoms with van der Waals surface area (Å²) in [6, 6.07) is 15.2. The minimum atomic E-state index is -0.920. The maximum Gasteiger partial charge on any atom is 0.311 e. The van der Waals surface area contributed by atoms with Crippen LogP contribution in [0.1, 0.15) is 21.5 Å². The van der Waals surface area contributed by atoms with Crippen LogP contribution in [-0.4, -0.2) is 103 Å². The monoisotopic (exact) mass is 657 g/mol. The lowest BCUT2D eigenvalue weighted by molar-refractivity contribution is -0.385. The van der Waals surface area contributed by atoms with Crippen LogP contribution < -0.4 is 19.5 Å². The van der Waals surface area contributed by atoms with Gasteiger partial charge in [-0.3, -0.25) is 29.4 Å². The molecule has 48 heavy (non-hydrogen) atoms. The van der Waals surface area contributed by atoms with Crippen LogP contribution in [-0.2, 0) is 22.4 Å². The summed E-state index contributed by atoms with van der Waals surface area (Å²) in [5, 5.41) is 14.8. The van der Waals surface area contributed by atoms with Gasteiger partial charge in [0.1, 0.15) is 11.8 Å². The Bertz CT molecular complexity index is 1690. The van der Waals surface area contributed by atoms with Crippen molar-refractivity contribution in [2.45, 2.75) is 18.9 Å². The van der Waals surface area contributed by atoms with E-state index in [1.165, 1.54) is 37.3 Å². The van der Waals surface area contributed by atoms with Gasteiger partial charge in [-0.25, -0.2) is 0 Å². The van der Waals surface area contributed by atoms with E-state index in [0.29, 0.717) is 49.7 Å². The second kappa shape index (κ2) is 15.4. The quantitative estimate of drug-likeness (QED) is 0.208. The van der Waals surface area contributed by atoms with Gasteiger partial charge in [0.15, 0.2) is 11.5 Å². The zero-order chi connectivity index (χ0) is 34.2. The first-order valence-electron chi connectivity index (χ1n) is 15.7. The first-order valence-corrected chi connectivity index (χ1v) is 15.7. The van der Waals surface area contributed by atoms with Crippen LogP contribution in [0.15, 0.2) is 73.3 Å². The van der Waals surface area contributed by atoms with Crippen molar-refractivity contribution < 1.29 is 33.5 Å². The lowest BCUT2D eigenvalue weighted by Gasteiger charge is -2.36. The summed E-state index contributed by atoms with van der Waals surface area (Å²) < 4.78 is 16.7. The molecule has 4 bridgehead atoms. The highest BCUT2D eigenvalue weighted by atomic mass is 16.6. The molecule has 3 aromatic rings. The number of nitro benzene ring substituents is 1. The van der Waals surface area contributed by atoms with Crippen LogP contribution in [0, 0.1) is 10.1 Å². The van der Waals surface area contributed by atoms with Crippen molar-refractivity contribution in [3.05, 3.63) is 100 Å². The van der Waals surface area contributed by atoms with Crippen LogP contribution in [0.2, 0.25) is 0 Å². The van der Waals surface area contributed by atoms with Gasteiger partial charge in [-0.05, 0) is 47.9 Å². The molecule has 252 valence electrons. The highest BCUT2D eigenvalue weighted by molar-refractivity contribution is 5.98. The molecule has 1 N–H and O–H groups in total. The standard InChI is InChI=1S/C35H39N5O8/c1-4-13-37-15-17-38(18-16-37)35(43)28-20-25-6-5-7-27(19-25)48-31-22-26(9-10-29(31)40(44)45)34(42)39(23-33(41)36-28)14-12-24-8-11-30(46-2)32(21-24)47-3/h4-11,19,21-22,28H,1,12-18,20,23H2,2-3H3,(H,36,41). The van der Waals surface area contributed by atoms with Crippen molar-refractivity contribution in [1.82, 2.24) is 20.0 Å². The Labute approximate surface area is 278 Å². The number of amides is 3. The molecule has 0 aliphatic carbocycles. The molecule has 2 aliphatic heterocycles. The molecule has 2 heterocycles. The Morgan fingerprint density at radius 2 is 1.81 bits per heavy atom. The number of benzene rings is 3. The summed E-state index contributed by atoms with van der Waals surface area (Å²) in [7, 11) is 3.06. The molecular formula is C35H39N5O8. The van der Waals surface area contributed by atoms with Gasteiger partial charge in [-0.15, -0.1) is 6.58 Å². The number of rotatable bonds is 9. The number of fused-ring (bicyclic) bond motifs is 4. The van der Waals surface area contributed by atoms with Crippen molar-refractivity contribution in [2.75, 3.05) is 60.0 Å². The summed E-state index contributed by atoms with van der Waals surface area (Å²) in [6.45, 7) is 6.64. The maximum absolute atomic E-state index is 14.0. The minimum absolute atomic E-state index is 0.106. The Morgan fingerprint density at radius 1 is 1.04 bits per heavy atom. The van der Waals surface area contributed by atoms with E-state index >= 15 is 0 Å². The zero-order valence-corrected chi connectivity index (χ0v) is 27.1. The molecule has 0 aromatic heterocycles. The molecule has 13 nitrogen and oxygen atoms in total. The van der Waals surface area contributed by atoms with Crippen molar-refractivity contribution in [3.8, 4) is 23.0 Å². The zero-order valence-electron chi connectivity index (χ0n) is 27.1. The SMILES string of the molecule is C=CCN1CCN(C(=O)C2Cc3cccc(c3)Oc3cc(ccc3[N+](=O)[O-])C(=O)N(CCc3ccc(OC)c(OC)c3)CC(=O)N2)CC1. The Kier molecular flexibility index (Phi) is 10.9. The van der Waals surface area contributed by atoms with Crippen LogP contribution in [0.5, 0.6) is 23.0 Å². The maximum atomic E-state index is 14.0. The van der Waals surface area contributed by atoms with Gasteiger partial charge >= 0.3 is 5.69 Å². The van der Waals surface area contributed by atoms with Crippen LogP contribution >= 0.6 is 0 Å². The smallest absolute Gasteiger partial charge is 0.311 e. The third kappa shape index (κ3) is 8.10. The first kappa shape index (κ1) is 33.9. The number of methoxy groups -OCH3 is 2. The molecule has 0 radical (unpaired) electrons. The molecule has 3 amide bonds. The summed E-state index contributed by atoms with van der Waals surface area (Å²) in [6.07, 6.45) is 2.33. The number of piperazine rings is 1. The number of hydrogen-bond acceptors (Lipinski definition) is 9. The summed E-state index contributed by atoms with van der Waals surface area (Å²) in [5.41, 5.74) is 1.31. The van der Waals surface area contributed by atoms with Gasteiger partial charge in [-0.2, -0.15) is 0 Å². The summed E-state index contributed by atoms with van der Waals surface area (Å²) >= 11 is 0. The van der Waals surface area contributed by atoms with Crippen LogP contribution in [0.3, 0.4) is 0 Å². The van der Waals surface area contributed by atoms with Gasteiger partial charge in [0.05, 0.1) is 25.7 Å². The third-order valence-electron chi connectivity index (χ3n) is 8.41. The molecule has 0 saturated carbocycles. The average Bonchev–Trinajstić information content (AvgIpc) is 3.09. The normalized spacial score (nSPS) is 17.1. The predicted molar refractivity (Wildman–Crippen MR) is 178 cm³/mol. The van der Waals surface area contributed by atoms with Gasteiger partial charge in [0.25, 0.3) is 5.91 Å². The average molecular weight is 658 g/mol. The van der Waals surface area contributed by atoms with E-state index < -0.39 is 22.8 Å². The largest absolute Gasteiger partial charge is 0.493 e. The van der Waals surface area contributed by atoms with Crippen LogP contribution in [0.25, 0.3) is 0 Å². The molecule has 5 rings (SSSR count). The number of carbonyl (C=O) groups is 3. The fourth-order valence-electron chi connectivity index (χ4n) is 5.88. The number of nitrogens with zero attached hydrogens (tertiary/aromatic N) is 4. The Balaban J connectivity index is 1.47. The molecule has 3 aromatic carbocycles. The topological polar surface area (TPSA) is 144 Å². The van der Waals surface area contributed by atoms with Gasteiger partial charge in [0.2, 0.25) is 17.6 Å². The Hall–Kier alpha value is -5.43. The minimum Gasteiger partial charge on any atom is -0.493 e. The first-order chi connectivity index (χ1) is 23.2. The number of carbonyl (C=O) groups excluding carboxylic acids is 3. The highest BCUT2D eigenvalue weighted by Crippen LogP contribution is 2.34. The fraction of sp³-hybridized carbons (Fsp3) is 0.343. The molecular weight excluding hydrogens is 618 g/mol. The van der Waals surface area contributed by atoms with Gasteiger partial charge < -0.3 is 29.3 Å². The van der Waals surface area contributed by atoms with E-state index in [2.05, 4.69) is 16.8 Å². The second-order valence-corrected chi connectivity index (χ2v) is 11.6. The Morgan fingerprint density at radius 3 is 2.52 bits per heavy atom. The van der Waals surface area contributed by atoms with Crippen molar-refractivity contribution in [2.24, 2.45) is 0 Å². The van der Waals surface area contributed by atoms with E-state index in [4.69, 9.17) is 14.2 Å². The van der Waals surface area contributed by atoms with Crippen molar-refractivity contribution in [3.63, 3.8) is 0 Å². The van der Waals surface area contributed by atoms with E-state index in [9.17, 15) is 24.5 Å². The lowest BCUT2D eigenvalue weighted by Crippen LogP contribution is -2.56. The fourth-order valence-corrected chi connectivity index (χ4v) is 5.88. The predicted octanol–water partition coefficient (Wildman–Crippen LogP) is 3.46. The highest BCUT2D eigenvalue weighted by Gasteiger charge is 2.31. The van der Waals surface area contributed by atoms with Crippen molar-refractivity contribution >= 4 is 23.4 Å². The molecule has 1 saturated heterocycles. The van der Waals surface area contributed by atoms with Crippen molar-refractivity contribution in [1.29, 1.82) is 0 Å². The second-order valence-electron chi connectivity index (χ2n) is 11.6. The lowest BCUT2D eigenvalue weighted by atomic mass is 10.0. The van der Waals surface area contributed by atoms with E-state index in [1.807, 2.05) is 12.1 Å². The van der Waals surface area contributed by atoms with Gasteiger partial charge in [0, 0.05) is 63.4 Å². The third-order valence-corrected chi connectivity index (χ3v) is 8.41. The number of nitrogens with one attached hydrogen (secondary N) is 1. The molecule has 0 spiro atoms. The summed E-state index contributed by atoms with van der Waals surface area (Å²) in [4.78, 5) is 58.1. The molecule has 1 unspecified atom stereocenters. The van der Waals surface area contributed by atoms with Gasteiger partial charge in [-0.1, -0.05) is 24.3 Å². The molecule has 1 atom stereocenters. The van der Waals surface area contributed by atoms with E-state index in [1.54, 1.807) is 41.3 Å². The molecule has 2 aliphatic rings. The van der Waals surface area contributed by atoms with Crippen LogP contribution in [0.4, 0.5) is 5.69 Å². The number of hydrogen-bond donors (Lipinski definition) is 1. The molecule has 13 heteroatoms. The molecule has 1 fully saturated rings.